The van der Waals surface area contributed by atoms with Crippen molar-refractivity contribution in [1.82, 2.24) is 14.9 Å². The molecule has 0 spiro atoms. The fourth-order valence-corrected chi connectivity index (χ4v) is 4.40. The number of rotatable bonds is 7. The Bertz CT molecular complexity index is 814. The van der Waals surface area contributed by atoms with Gasteiger partial charge < -0.3 is 0 Å². The first-order valence-corrected chi connectivity index (χ1v) is 9.90. The molecular formula is C15H20N4O3S2. The lowest BCUT2D eigenvalue weighted by Gasteiger charge is -2.12. The van der Waals surface area contributed by atoms with Crippen molar-refractivity contribution >= 4 is 32.4 Å². The quantitative estimate of drug-likeness (QED) is 0.732. The van der Waals surface area contributed by atoms with Crippen LogP contribution in [0.2, 0.25) is 0 Å². The second-order valence-electron chi connectivity index (χ2n) is 5.28. The van der Waals surface area contributed by atoms with E-state index in [-0.39, 0.29) is 21.4 Å². The van der Waals surface area contributed by atoms with Crippen molar-refractivity contribution in [3.05, 3.63) is 35.4 Å². The van der Waals surface area contributed by atoms with Gasteiger partial charge in [0.25, 0.3) is 15.9 Å². The molecule has 1 aromatic heterocycles. The number of anilines is 1. The van der Waals surface area contributed by atoms with Crippen molar-refractivity contribution in [2.75, 3.05) is 5.32 Å². The average Bonchev–Trinajstić information content (AvgIpc) is 3.02. The van der Waals surface area contributed by atoms with Gasteiger partial charge >= 0.3 is 0 Å². The van der Waals surface area contributed by atoms with E-state index in [0.717, 1.165) is 16.9 Å². The highest BCUT2D eigenvalue weighted by atomic mass is 32.2. The van der Waals surface area contributed by atoms with Crippen molar-refractivity contribution in [2.24, 2.45) is 0 Å². The highest BCUT2D eigenvalue weighted by Crippen LogP contribution is 2.21. The SMILES string of the molecule is CCC(CC)NS(=O)(=O)c1nnc(NC(=O)c2ccccc2C)s1. The highest BCUT2D eigenvalue weighted by molar-refractivity contribution is 7.91. The zero-order valence-electron chi connectivity index (χ0n) is 13.7. The predicted octanol–water partition coefficient (Wildman–Crippen LogP) is 2.57. The highest BCUT2D eigenvalue weighted by Gasteiger charge is 2.23. The van der Waals surface area contributed by atoms with Gasteiger partial charge in [0.05, 0.1) is 0 Å². The van der Waals surface area contributed by atoms with Crippen LogP contribution in [0.1, 0.15) is 42.6 Å². The summed E-state index contributed by atoms with van der Waals surface area (Å²) >= 11 is 0.827. The first kappa shape index (κ1) is 18.5. The lowest BCUT2D eigenvalue weighted by atomic mass is 10.1. The molecule has 0 aliphatic carbocycles. The van der Waals surface area contributed by atoms with Crippen molar-refractivity contribution < 1.29 is 13.2 Å². The molecule has 0 unspecified atom stereocenters. The number of aromatic nitrogens is 2. The summed E-state index contributed by atoms with van der Waals surface area (Å²) in [6.45, 7) is 5.64. The third-order valence-electron chi connectivity index (χ3n) is 3.55. The molecule has 0 aliphatic heterocycles. The van der Waals surface area contributed by atoms with E-state index < -0.39 is 10.0 Å². The summed E-state index contributed by atoms with van der Waals surface area (Å²) in [6, 6.07) is 6.97. The van der Waals surface area contributed by atoms with Gasteiger partial charge in [-0.3, -0.25) is 10.1 Å². The summed E-state index contributed by atoms with van der Waals surface area (Å²) in [4.78, 5) is 12.2. The van der Waals surface area contributed by atoms with Crippen LogP contribution in [0.4, 0.5) is 5.13 Å². The number of amides is 1. The zero-order valence-corrected chi connectivity index (χ0v) is 15.4. The van der Waals surface area contributed by atoms with Gasteiger partial charge in [-0.1, -0.05) is 43.4 Å². The summed E-state index contributed by atoms with van der Waals surface area (Å²) in [5, 5.41) is 10.2. The number of hydrogen-bond acceptors (Lipinski definition) is 6. The van der Waals surface area contributed by atoms with Crippen LogP contribution in [0.15, 0.2) is 28.6 Å². The maximum atomic E-state index is 12.3. The summed E-state index contributed by atoms with van der Waals surface area (Å²) < 4.78 is 27.0. The molecule has 0 bridgehead atoms. The van der Waals surface area contributed by atoms with Crippen LogP contribution in [-0.4, -0.2) is 30.6 Å². The van der Waals surface area contributed by atoms with E-state index in [0.29, 0.717) is 18.4 Å². The minimum absolute atomic E-state index is 0.146. The van der Waals surface area contributed by atoms with Crippen LogP contribution in [0, 0.1) is 6.92 Å². The largest absolute Gasteiger partial charge is 0.296 e. The van der Waals surface area contributed by atoms with Gasteiger partial charge in [0, 0.05) is 11.6 Å². The lowest BCUT2D eigenvalue weighted by molar-refractivity contribution is 0.102. The molecule has 2 rings (SSSR count). The molecule has 7 nitrogen and oxygen atoms in total. The molecule has 9 heteroatoms. The van der Waals surface area contributed by atoms with E-state index in [2.05, 4.69) is 20.2 Å². The minimum atomic E-state index is -3.73. The molecule has 1 heterocycles. The number of carbonyl (C=O) groups excluding carboxylic acids is 1. The molecule has 2 N–H and O–H groups in total. The molecule has 130 valence electrons. The Morgan fingerprint density at radius 2 is 1.88 bits per heavy atom. The fourth-order valence-electron chi connectivity index (χ4n) is 2.09. The predicted molar refractivity (Wildman–Crippen MR) is 93.7 cm³/mol. The third kappa shape index (κ3) is 4.37. The van der Waals surface area contributed by atoms with E-state index in [4.69, 9.17) is 0 Å². The van der Waals surface area contributed by atoms with E-state index >= 15 is 0 Å². The molecular weight excluding hydrogens is 348 g/mol. The van der Waals surface area contributed by atoms with Gasteiger partial charge in [0.2, 0.25) is 9.47 Å². The van der Waals surface area contributed by atoms with E-state index in [1.807, 2.05) is 32.9 Å². The number of nitrogens with one attached hydrogen (secondary N) is 2. The molecule has 0 saturated carbocycles. The number of nitrogens with zero attached hydrogens (tertiary/aromatic N) is 2. The van der Waals surface area contributed by atoms with Gasteiger partial charge in [-0.25, -0.2) is 13.1 Å². The molecule has 24 heavy (non-hydrogen) atoms. The third-order valence-corrected chi connectivity index (χ3v) is 6.28. The molecule has 0 fully saturated rings. The molecule has 1 aromatic carbocycles. The Labute approximate surface area is 145 Å². The van der Waals surface area contributed by atoms with Crippen LogP contribution in [0.25, 0.3) is 0 Å². The number of aryl methyl sites for hydroxylation is 1. The molecule has 1 amide bonds. The molecule has 0 radical (unpaired) electrons. The first-order valence-electron chi connectivity index (χ1n) is 7.60. The van der Waals surface area contributed by atoms with Gasteiger partial charge in [-0.15, -0.1) is 10.2 Å². The van der Waals surface area contributed by atoms with E-state index in [1.54, 1.807) is 12.1 Å². The van der Waals surface area contributed by atoms with E-state index in [1.165, 1.54) is 0 Å². The smallest absolute Gasteiger partial charge is 0.270 e. The number of carbonyl (C=O) groups is 1. The zero-order chi connectivity index (χ0) is 17.7. The van der Waals surface area contributed by atoms with Crippen molar-refractivity contribution in [2.45, 2.75) is 44.0 Å². The summed E-state index contributed by atoms with van der Waals surface area (Å²) in [5.74, 6) is -0.346. The van der Waals surface area contributed by atoms with Gasteiger partial charge in [0.15, 0.2) is 0 Å². The summed E-state index contributed by atoms with van der Waals surface area (Å²) in [7, 11) is -3.73. The molecule has 0 saturated heterocycles. The minimum Gasteiger partial charge on any atom is -0.296 e. The standard InChI is InChI=1S/C15H20N4O3S2/c1-4-11(5-2)19-24(21,22)15-18-17-14(23-15)16-13(20)12-9-7-6-8-10(12)3/h6-9,11,19H,4-5H2,1-3H3,(H,16,17,20). The molecule has 0 aliphatic rings. The van der Waals surface area contributed by atoms with Crippen molar-refractivity contribution in [3.63, 3.8) is 0 Å². The van der Waals surface area contributed by atoms with Crippen molar-refractivity contribution in [1.29, 1.82) is 0 Å². The second kappa shape index (κ2) is 7.82. The van der Waals surface area contributed by atoms with Crippen LogP contribution in [0.5, 0.6) is 0 Å². The lowest BCUT2D eigenvalue weighted by Crippen LogP contribution is -2.33. The Hall–Kier alpha value is -1.84. The van der Waals surface area contributed by atoms with Crippen LogP contribution >= 0.6 is 11.3 Å². The maximum absolute atomic E-state index is 12.3. The van der Waals surface area contributed by atoms with Crippen molar-refractivity contribution in [3.8, 4) is 0 Å². The van der Waals surface area contributed by atoms with Gasteiger partial charge in [-0.2, -0.15) is 0 Å². The van der Waals surface area contributed by atoms with Crippen LogP contribution in [0.3, 0.4) is 0 Å². The Morgan fingerprint density at radius 1 is 1.21 bits per heavy atom. The number of benzene rings is 1. The fraction of sp³-hybridized carbons (Fsp3) is 0.400. The first-order chi connectivity index (χ1) is 11.4. The maximum Gasteiger partial charge on any atom is 0.270 e. The Balaban J connectivity index is 2.13. The average molecular weight is 368 g/mol. The van der Waals surface area contributed by atoms with Crippen LogP contribution in [-0.2, 0) is 10.0 Å². The normalized spacial score (nSPS) is 11.7. The number of hydrogen-bond donors (Lipinski definition) is 2. The monoisotopic (exact) mass is 368 g/mol. The molecule has 2 aromatic rings. The van der Waals surface area contributed by atoms with Gasteiger partial charge in [-0.05, 0) is 31.4 Å². The van der Waals surface area contributed by atoms with E-state index in [9.17, 15) is 13.2 Å². The molecule has 0 atom stereocenters. The Morgan fingerprint density at radius 3 is 2.50 bits per heavy atom. The number of sulfonamides is 1. The second-order valence-corrected chi connectivity index (χ2v) is 8.14. The topological polar surface area (TPSA) is 101 Å². The summed E-state index contributed by atoms with van der Waals surface area (Å²) in [5.41, 5.74) is 1.33. The van der Waals surface area contributed by atoms with Gasteiger partial charge in [0.1, 0.15) is 0 Å². The summed E-state index contributed by atoms with van der Waals surface area (Å²) in [6.07, 6.45) is 1.37. The van der Waals surface area contributed by atoms with Crippen LogP contribution < -0.4 is 10.0 Å². The Kier molecular flexibility index (Phi) is 6.03.